The zero-order chi connectivity index (χ0) is 14.4. The summed E-state index contributed by atoms with van der Waals surface area (Å²) in [4.78, 5) is 24.8. The fourth-order valence-corrected chi connectivity index (χ4v) is 1.26. The molecule has 0 aliphatic heterocycles. The van der Waals surface area contributed by atoms with Crippen molar-refractivity contribution < 1.29 is 19.6 Å². The molecule has 9 nitrogen and oxygen atoms in total. The van der Waals surface area contributed by atoms with E-state index in [1.54, 1.807) is 6.07 Å². The van der Waals surface area contributed by atoms with E-state index in [0.717, 1.165) is 13.2 Å². The van der Waals surface area contributed by atoms with Crippen LogP contribution in [0.3, 0.4) is 0 Å². The second kappa shape index (κ2) is 6.27. The van der Waals surface area contributed by atoms with Crippen LogP contribution in [0.4, 0.5) is 11.5 Å². The third-order valence-electron chi connectivity index (χ3n) is 2.17. The van der Waals surface area contributed by atoms with Crippen molar-refractivity contribution in [1.82, 2.24) is 4.98 Å². The standard InChI is InChI=1S/C10H10N4O5/c1-19-10(16)7(5-15)13-9-3-2-8(14(17)18)6(4-11)12-9/h2-3,7,15H,5H2,1H3,(H,12,13). The average molecular weight is 266 g/mol. The van der Waals surface area contributed by atoms with Gasteiger partial charge in [-0.05, 0) is 6.07 Å². The first-order chi connectivity index (χ1) is 9.03. The van der Waals surface area contributed by atoms with Crippen LogP contribution in [0.2, 0.25) is 0 Å². The van der Waals surface area contributed by atoms with Crippen molar-refractivity contribution in [3.8, 4) is 6.07 Å². The van der Waals surface area contributed by atoms with Crippen LogP contribution >= 0.6 is 0 Å². The summed E-state index contributed by atoms with van der Waals surface area (Å²) in [5.74, 6) is -0.673. The van der Waals surface area contributed by atoms with E-state index in [2.05, 4.69) is 15.0 Å². The number of aliphatic hydroxyl groups excluding tert-OH is 1. The van der Waals surface area contributed by atoms with Crippen molar-refractivity contribution in [3.63, 3.8) is 0 Å². The first-order valence-corrected chi connectivity index (χ1v) is 5.04. The number of pyridine rings is 1. The van der Waals surface area contributed by atoms with Gasteiger partial charge in [0.05, 0.1) is 18.6 Å². The maximum atomic E-state index is 11.2. The van der Waals surface area contributed by atoms with Gasteiger partial charge in [0.1, 0.15) is 17.9 Å². The Morgan fingerprint density at radius 3 is 2.89 bits per heavy atom. The smallest absolute Gasteiger partial charge is 0.330 e. The molecule has 19 heavy (non-hydrogen) atoms. The van der Waals surface area contributed by atoms with Gasteiger partial charge in [0, 0.05) is 6.07 Å². The van der Waals surface area contributed by atoms with E-state index in [-0.39, 0.29) is 5.82 Å². The second-order valence-corrected chi connectivity index (χ2v) is 3.34. The van der Waals surface area contributed by atoms with Gasteiger partial charge in [0.25, 0.3) is 0 Å². The van der Waals surface area contributed by atoms with Gasteiger partial charge in [0.2, 0.25) is 5.69 Å². The average Bonchev–Trinajstić information content (AvgIpc) is 2.43. The molecule has 100 valence electrons. The minimum Gasteiger partial charge on any atom is -0.467 e. The van der Waals surface area contributed by atoms with E-state index in [4.69, 9.17) is 10.4 Å². The molecule has 1 heterocycles. The molecule has 1 unspecified atom stereocenters. The zero-order valence-electron chi connectivity index (χ0n) is 9.86. The van der Waals surface area contributed by atoms with Gasteiger partial charge in [0.15, 0.2) is 0 Å². The van der Waals surface area contributed by atoms with Gasteiger partial charge < -0.3 is 15.2 Å². The number of nitriles is 1. The lowest BCUT2D eigenvalue weighted by atomic mass is 10.3. The lowest BCUT2D eigenvalue weighted by Gasteiger charge is -2.14. The molecular formula is C10H10N4O5. The molecule has 1 aromatic heterocycles. The number of anilines is 1. The van der Waals surface area contributed by atoms with Gasteiger partial charge >= 0.3 is 11.7 Å². The Bertz CT molecular complexity index is 539. The number of carbonyl (C=O) groups excluding carboxylic acids is 1. The maximum Gasteiger partial charge on any atom is 0.330 e. The van der Waals surface area contributed by atoms with Gasteiger partial charge in [-0.2, -0.15) is 5.26 Å². The fraction of sp³-hybridized carbons (Fsp3) is 0.300. The largest absolute Gasteiger partial charge is 0.467 e. The summed E-state index contributed by atoms with van der Waals surface area (Å²) >= 11 is 0. The van der Waals surface area contributed by atoms with Crippen molar-refractivity contribution in [2.75, 3.05) is 19.0 Å². The first-order valence-electron chi connectivity index (χ1n) is 5.04. The molecule has 0 saturated heterocycles. The number of esters is 1. The molecule has 0 bridgehead atoms. The number of aliphatic hydroxyl groups is 1. The van der Waals surface area contributed by atoms with E-state index < -0.39 is 34.9 Å². The number of nitrogens with one attached hydrogen (secondary N) is 1. The number of methoxy groups -OCH3 is 1. The minimum atomic E-state index is -1.06. The van der Waals surface area contributed by atoms with Crippen LogP contribution in [0.15, 0.2) is 12.1 Å². The molecule has 1 atom stereocenters. The lowest BCUT2D eigenvalue weighted by Crippen LogP contribution is -2.34. The molecule has 0 saturated carbocycles. The molecule has 0 spiro atoms. The summed E-state index contributed by atoms with van der Waals surface area (Å²) in [7, 11) is 1.15. The molecule has 2 N–H and O–H groups in total. The fourth-order valence-electron chi connectivity index (χ4n) is 1.26. The van der Waals surface area contributed by atoms with Crippen LogP contribution in [0, 0.1) is 21.4 Å². The molecule has 0 radical (unpaired) electrons. The zero-order valence-corrected chi connectivity index (χ0v) is 9.86. The van der Waals surface area contributed by atoms with E-state index >= 15 is 0 Å². The molecule has 9 heteroatoms. The third-order valence-corrected chi connectivity index (χ3v) is 2.17. The SMILES string of the molecule is COC(=O)C(CO)Nc1ccc([N+](=O)[O-])c(C#N)n1. The van der Waals surface area contributed by atoms with Crippen LogP contribution < -0.4 is 5.32 Å². The molecular weight excluding hydrogens is 256 g/mol. The maximum absolute atomic E-state index is 11.2. The molecule has 0 aliphatic carbocycles. The molecule has 0 aromatic carbocycles. The number of hydrogen-bond acceptors (Lipinski definition) is 8. The highest BCUT2D eigenvalue weighted by atomic mass is 16.6. The first kappa shape index (κ1) is 14.3. The number of aromatic nitrogens is 1. The molecule has 1 rings (SSSR count). The van der Waals surface area contributed by atoms with Gasteiger partial charge in [-0.3, -0.25) is 10.1 Å². The third kappa shape index (κ3) is 3.36. The van der Waals surface area contributed by atoms with Gasteiger partial charge in [-0.15, -0.1) is 0 Å². The van der Waals surface area contributed by atoms with Crippen molar-refractivity contribution >= 4 is 17.5 Å². The summed E-state index contributed by atoms with van der Waals surface area (Å²) in [6.07, 6.45) is 0. The Hall–Kier alpha value is -2.73. The van der Waals surface area contributed by atoms with Crippen molar-refractivity contribution in [2.24, 2.45) is 0 Å². The van der Waals surface area contributed by atoms with E-state index in [0.29, 0.717) is 0 Å². The number of rotatable bonds is 5. The van der Waals surface area contributed by atoms with Crippen molar-refractivity contribution in [3.05, 3.63) is 27.9 Å². The Kier molecular flexibility index (Phi) is 4.73. The van der Waals surface area contributed by atoms with Crippen LogP contribution in [-0.2, 0) is 9.53 Å². The number of hydrogen-bond donors (Lipinski definition) is 2. The van der Waals surface area contributed by atoms with Crippen LogP contribution in [0.25, 0.3) is 0 Å². The Morgan fingerprint density at radius 1 is 1.74 bits per heavy atom. The Labute approximate surface area is 107 Å². The normalized spacial score (nSPS) is 11.2. The molecule has 0 fully saturated rings. The summed E-state index contributed by atoms with van der Waals surface area (Å²) in [5.41, 5.74) is -0.830. The highest BCUT2D eigenvalue weighted by molar-refractivity contribution is 5.79. The molecule has 0 aliphatic rings. The van der Waals surface area contributed by atoms with Crippen LogP contribution in [-0.4, -0.2) is 40.7 Å². The Morgan fingerprint density at radius 2 is 2.42 bits per heavy atom. The summed E-state index contributed by atoms with van der Waals surface area (Å²) in [6.45, 7) is -0.548. The molecule has 0 amide bonds. The quantitative estimate of drug-likeness (QED) is 0.424. The summed E-state index contributed by atoms with van der Waals surface area (Å²) in [6, 6.07) is 2.83. The number of nitrogens with zero attached hydrogens (tertiary/aromatic N) is 3. The van der Waals surface area contributed by atoms with Crippen molar-refractivity contribution in [1.29, 1.82) is 5.26 Å². The number of nitro groups is 1. The van der Waals surface area contributed by atoms with Crippen LogP contribution in [0.5, 0.6) is 0 Å². The van der Waals surface area contributed by atoms with E-state index in [1.165, 1.54) is 6.07 Å². The predicted octanol–water partition coefficient (Wildman–Crippen LogP) is -0.193. The van der Waals surface area contributed by atoms with E-state index in [1.807, 2.05) is 0 Å². The minimum absolute atomic E-state index is 0.0478. The molecule has 1 aromatic rings. The highest BCUT2D eigenvalue weighted by Gasteiger charge is 2.20. The van der Waals surface area contributed by atoms with Crippen LogP contribution in [0.1, 0.15) is 5.69 Å². The van der Waals surface area contributed by atoms with Gasteiger partial charge in [-0.1, -0.05) is 0 Å². The number of ether oxygens (including phenoxy) is 1. The lowest BCUT2D eigenvalue weighted by molar-refractivity contribution is -0.385. The van der Waals surface area contributed by atoms with E-state index in [9.17, 15) is 14.9 Å². The predicted molar refractivity (Wildman–Crippen MR) is 62.1 cm³/mol. The second-order valence-electron chi connectivity index (χ2n) is 3.34. The monoisotopic (exact) mass is 266 g/mol. The topological polar surface area (TPSA) is 138 Å². The van der Waals surface area contributed by atoms with Gasteiger partial charge in [-0.25, -0.2) is 9.78 Å². The van der Waals surface area contributed by atoms with Crippen molar-refractivity contribution in [2.45, 2.75) is 6.04 Å². The highest BCUT2D eigenvalue weighted by Crippen LogP contribution is 2.18. The Balaban J connectivity index is 3.00. The summed E-state index contributed by atoms with van der Waals surface area (Å²) < 4.78 is 4.43. The summed E-state index contributed by atoms with van der Waals surface area (Å²) in [5, 5.41) is 30.9. The number of carbonyl (C=O) groups is 1.